The second-order valence-corrected chi connectivity index (χ2v) is 4.30. The van der Waals surface area contributed by atoms with Crippen LogP contribution in [0.3, 0.4) is 0 Å². The van der Waals surface area contributed by atoms with Gasteiger partial charge in [-0.15, -0.1) is 0 Å². The molecule has 0 saturated heterocycles. The van der Waals surface area contributed by atoms with Crippen molar-refractivity contribution in [1.82, 2.24) is 10.3 Å². The maximum absolute atomic E-state index is 11.6. The molecular weight excluding hydrogens is 196 g/mol. The summed E-state index contributed by atoms with van der Waals surface area (Å²) in [6, 6.07) is 0.970. The van der Waals surface area contributed by atoms with Crippen molar-refractivity contribution in [2.24, 2.45) is 0 Å². The number of aromatic amines is 1. The van der Waals surface area contributed by atoms with E-state index in [-0.39, 0.29) is 16.9 Å². The van der Waals surface area contributed by atoms with Gasteiger partial charge in [-0.3, -0.25) is 9.59 Å². The highest BCUT2D eigenvalue weighted by Gasteiger charge is 2.17. The van der Waals surface area contributed by atoms with Crippen LogP contribution in [-0.4, -0.2) is 21.5 Å². The molecule has 0 aromatic carbocycles. The van der Waals surface area contributed by atoms with Gasteiger partial charge in [0.2, 0.25) is 0 Å². The number of aromatic nitrogens is 1. The predicted molar refractivity (Wildman–Crippen MR) is 55.9 cm³/mol. The first-order valence-corrected chi connectivity index (χ1v) is 4.54. The Morgan fingerprint density at radius 3 is 2.53 bits per heavy atom. The molecule has 1 aromatic heterocycles. The molecule has 1 amide bonds. The normalized spacial score (nSPS) is 11.1. The monoisotopic (exact) mass is 210 g/mol. The van der Waals surface area contributed by atoms with E-state index in [1.807, 2.05) is 20.8 Å². The van der Waals surface area contributed by atoms with E-state index >= 15 is 0 Å². The maximum atomic E-state index is 11.6. The molecule has 0 aliphatic heterocycles. The molecule has 1 rings (SSSR count). The lowest BCUT2D eigenvalue weighted by atomic mass is 10.1. The maximum Gasteiger partial charge on any atom is 0.256 e. The van der Waals surface area contributed by atoms with Gasteiger partial charge in [0, 0.05) is 17.8 Å². The number of carbonyl (C=O) groups is 1. The minimum atomic E-state index is -0.445. The fourth-order valence-corrected chi connectivity index (χ4v) is 1.05. The average Bonchev–Trinajstić information content (AvgIpc) is 1.99. The molecule has 5 heteroatoms. The summed E-state index contributed by atoms with van der Waals surface area (Å²) < 4.78 is 0. The lowest BCUT2D eigenvalue weighted by Crippen LogP contribution is -2.40. The second kappa shape index (κ2) is 3.76. The van der Waals surface area contributed by atoms with Crippen LogP contribution >= 0.6 is 0 Å². The number of aromatic hydroxyl groups is 1. The van der Waals surface area contributed by atoms with Gasteiger partial charge in [-0.05, 0) is 20.8 Å². The molecule has 3 N–H and O–H groups in total. The summed E-state index contributed by atoms with van der Waals surface area (Å²) in [6.07, 6.45) is 1.19. The van der Waals surface area contributed by atoms with Gasteiger partial charge >= 0.3 is 0 Å². The Hall–Kier alpha value is -1.78. The van der Waals surface area contributed by atoms with E-state index in [0.29, 0.717) is 0 Å². The van der Waals surface area contributed by atoms with Crippen LogP contribution in [0, 0.1) is 0 Å². The highest BCUT2D eigenvalue weighted by atomic mass is 16.3. The van der Waals surface area contributed by atoms with Gasteiger partial charge in [-0.25, -0.2) is 0 Å². The lowest BCUT2D eigenvalue weighted by Gasteiger charge is -2.20. The van der Waals surface area contributed by atoms with Crippen LogP contribution in [0.15, 0.2) is 17.1 Å². The minimum Gasteiger partial charge on any atom is -0.507 e. The Morgan fingerprint density at radius 2 is 2.07 bits per heavy atom. The van der Waals surface area contributed by atoms with Crippen molar-refractivity contribution in [2.75, 3.05) is 0 Å². The molecular formula is C10H14N2O3. The van der Waals surface area contributed by atoms with Gasteiger partial charge in [0.05, 0.1) is 5.56 Å². The van der Waals surface area contributed by atoms with Crippen LogP contribution in [0.2, 0.25) is 0 Å². The van der Waals surface area contributed by atoms with Gasteiger partial charge in [0.25, 0.3) is 11.5 Å². The van der Waals surface area contributed by atoms with Crippen LogP contribution in [0.5, 0.6) is 5.75 Å². The van der Waals surface area contributed by atoms with E-state index in [2.05, 4.69) is 10.3 Å². The van der Waals surface area contributed by atoms with Crippen molar-refractivity contribution < 1.29 is 9.90 Å². The molecule has 0 aliphatic carbocycles. The first-order chi connectivity index (χ1) is 6.79. The third-order valence-corrected chi connectivity index (χ3v) is 1.64. The Balaban J connectivity index is 2.97. The number of hydrogen-bond donors (Lipinski definition) is 3. The largest absolute Gasteiger partial charge is 0.507 e. The smallest absolute Gasteiger partial charge is 0.256 e. The second-order valence-electron chi connectivity index (χ2n) is 4.30. The van der Waals surface area contributed by atoms with E-state index in [1.165, 1.54) is 6.20 Å². The van der Waals surface area contributed by atoms with E-state index in [0.717, 1.165) is 6.07 Å². The molecule has 0 radical (unpaired) electrons. The molecule has 0 aliphatic rings. The summed E-state index contributed by atoms with van der Waals surface area (Å²) in [7, 11) is 0. The zero-order chi connectivity index (χ0) is 11.6. The average molecular weight is 210 g/mol. The molecule has 0 spiro atoms. The molecule has 1 aromatic rings. The summed E-state index contributed by atoms with van der Waals surface area (Å²) in [5.74, 6) is -0.739. The number of amides is 1. The molecule has 0 unspecified atom stereocenters. The van der Waals surface area contributed by atoms with Crippen molar-refractivity contribution in [1.29, 1.82) is 0 Å². The molecule has 0 saturated carbocycles. The molecule has 0 atom stereocenters. The van der Waals surface area contributed by atoms with Gasteiger partial charge < -0.3 is 15.4 Å². The third-order valence-electron chi connectivity index (χ3n) is 1.64. The fraction of sp³-hybridized carbons (Fsp3) is 0.400. The first-order valence-electron chi connectivity index (χ1n) is 4.54. The number of pyridine rings is 1. The summed E-state index contributed by atoms with van der Waals surface area (Å²) in [5.41, 5.74) is -0.774. The van der Waals surface area contributed by atoms with Crippen LogP contribution in [-0.2, 0) is 0 Å². The third kappa shape index (κ3) is 3.12. The molecule has 0 bridgehead atoms. The van der Waals surface area contributed by atoms with Crippen molar-refractivity contribution in [3.63, 3.8) is 0 Å². The Morgan fingerprint density at radius 1 is 1.47 bits per heavy atom. The van der Waals surface area contributed by atoms with E-state index in [4.69, 9.17) is 0 Å². The van der Waals surface area contributed by atoms with Crippen molar-refractivity contribution in [3.8, 4) is 5.75 Å². The van der Waals surface area contributed by atoms with Crippen molar-refractivity contribution >= 4 is 5.91 Å². The van der Waals surface area contributed by atoms with E-state index in [1.54, 1.807) is 0 Å². The van der Waals surface area contributed by atoms with Crippen LogP contribution in [0.1, 0.15) is 31.1 Å². The summed E-state index contributed by atoms with van der Waals surface area (Å²) in [5, 5.41) is 12.1. The Kier molecular flexibility index (Phi) is 2.83. The zero-order valence-electron chi connectivity index (χ0n) is 8.92. The summed E-state index contributed by atoms with van der Waals surface area (Å²) >= 11 is 0. The van der Waals surface area contributed by atoms with Gasteiger partial charge in [0.15, 0.2) is 0 Å². The molecule has 15 heavy (non-hydrogen) atoms. The molecule has 1 heterocycles. The van der Waals surface area contributed by atoms with Crippen molar-refractivity contribution in [2.45, 2.75) is 26.3 Å². The lowest BCUT2D eigenvalue weighted by molar-refractivity contribution is 0.0916. The topological polar surface area (TPSA) is 82.2 Å². The van der Waals surface area contributed by atoms with Gasteiger partial charge in [-0.1, -0.05) is 0 Å². The summed E-state index contributed by atoms with van der Waals surface area (Å²) in [4.78, 5) is 24.7. The first kappa shape index (κ1) is 11.3. The van der Waals surface area contributed by atoms with E-state index < -0.39 is 11.5 Å². The Bertz CT molecular complexity index is 429. The van der Waals surface area contributed by atoms with Crippen LogP contribution in [0.25, 0.3) is 0 Å². The number of nitrogens with one attached hydrogen (secondary N) is 2. The number of H-pyrrole nitrogens is 1. The Labute approximate surface area is 87.1 Å². The SMILES string of the molecule is CC(C)(C)NC(=O)c1c[nH]c(=O)cc1O. The standard InChI is InChI=1S/C10H14N2O3/c1-10(2,3)12-9(15)6-5-11-8(14)4-7(6)13/h4-5H,1-3H3,(H,12,15)(H2,11,13,14). The molecule has 82 valence electrons. The zero-order valence-corrected chi connectivity index (χ0v) is 8.92. The minimum absolute atomic E-state index is 0.0597. The van der Waals surface area contributed by atoms with Crippen LogP contribution < -0.4 is 10.9 Å². The highest BCUT2D eigenvalue weighted by Crippen LogP contribution is 2.13. The summed E-state index contributed by atoms with van der Waals surface area (Å²) in [6.45, 7) is 5.48. The number of rotatable bonds is 1. The molecule has 5 nitrogen and oxygen atoms in total. The number of carbonyl (C=O) groups excluding carboxylic acids is 1. The van der Waals surface area contributed by atoms with Gasteiger partial charge in [0.1, 0.15) is 5.75 Å². The van der Waals surface area contributed by atoms with Crippen molar-refractivity contribution in [3.05, 3.63) is 28.2 Å². The highest BCUT2D eigenvalue weighted by molar-refractivity contribution is 5.96. The predicted octanol–water partition coefficient (Wildman–Crippen LogP) is 0.609. The van der Waals surface area contributed by atoms with E-state index in [9.17, 15) is 14.7 Å². The van der Waals surface area contributed by atoms with Crippen LogP contribution in [0.4, 0.5) is 0 Å². The quantitative estimate of drug-likeness (QED) is 0.635. The number of hydrogen-bond acceptors (Lipinski definition) is 3. The van der Waals surface area contributed by atoms with Gasteiger partial charge in [-0.2, -0.15) is 0 Å². The molecule has 0 fully saturated rings. The fourth-order valence-electron chi connectivity index (χ4n) is 1.05.